The molecule has 1 aromatic heterocycles. The number of carbonyl (C=O) groups excluding carboxylic acids is 1. The number of hydrogen-bond acceptors (Lipinski definition) is 5. The van der Waals surface area contributed by atoms with Gasteiger partial charge in [0.1, 0.15) is 11.6 Å². The molecule has 0 unspecified atom stereocenters. The van der Waals surface area contributed by atoms with Crippen LogP contribution < -0.4 is 10.6 Å². The fraction of sp³-hybridized carbons (Fsp3) is 0.296. The first-order valence-corrected chi connectivity index (χ1v) is 12.5. The van der Waals surface area contributed by atoms with Crippen molar-refractivity contribution in [3.8, 4) is 11.3 Å². The zero-order valence-corrected chi connectivity index (χ0v) is 20.9. The predicted molar refractivity (Wildman–Crippen MR) is 140 cm³/mol. The van der Waals surface area contributed by atoms with Crippen molar-refractivity contribution >= 4 is 29.2 Å². The van der Waals surface area contributed by atoms with Crippen LogP contribution in [-0.4, -0.2) is 28.9 Å². The minimum absolute atomic E-state index is 0.0721. The monoisotopic (exact) mass is 478 g/mol. The van der Waals surface area contributed by atoms with Crippen molar-refractivity contribution in [2.45, 2.75) is 38.5 Å². The van der Waals surface area contributed by atoms with Gasteiger partial charge in [0, 0.05) is 40.1 Å². The van der Waals surface area contributed by atoms with Gasteiger partial charge >= 0.3 is 0 Å². The molecule has 1 aliphatic carbocycles. The van der Waals surface area contributed by atoms with Crippen LogP contribution in [0.2, 0.25) is 0 Å². The van der Waals surface area contributed by atoms with Crippen molar-refractivity contribution in [1.82, 2.24) is 15.5 Å². The number of hydrogen-bond donors (Lipinski definition) is 2. The van der Waals surface area contributed by atoms with E-state index in [9.17, 15) is 9.18 Å². The van der Waals surface area contributed by atoms with Crippen molar-refractivity contribution in [3.63, 3.8) is 0 Å². The highest BCUT2D eigenvalue weighted by Crippen LogP contribution is 2.31. The van der Waals surface area contributed by atoms with Gasteiger partial charge in [-0.2, -0.15) is 0 Å². The number of benzene rings is 1. The third-order valence-corrected chi connectivity index (χ3v) is 6.46. The highest BCUT2D eigenvalue weighted by atomic mass is 32.2. The third kappa shape index (κ3) is 6.44. The van der Waals surface area contributed by atoms with Crippen LogP contribution in [-0.2, 0) is 4.79 Å². The zero-order chi connectivity index (χ0) is 24.7. The van der Waals surface area contributed by atoms with Gasteiger partial charge in [0.25, 0.3) is 0 Å². The molecule has 2 N–H and O–H groups in total. The highest BCUT2D eigenvalue weighted by molar-refractivity contribution is 7.98. The van der Waals surface area contributed by atoms with Gasteiger partial charge in [0.05, 0.1) is 5.69 Å². The molecule has 5 nitrogen and oxygen atoms in total. The van der Waals surface area contributed by atoms with E-state index < -0.39 is 0 Å². The van der Waals surface area contributed by atoms with Gasteiger partial charge in [-0.05, 0) is 54.7 Å². The second-order valence-corrected chi connectivity index (χ2v) is 9.50. The Balaban J connectivity index is 1.72. The quantitative estimate of drug-likeness (QED) is 0.401. The van der Waals surface area contributed by atoms with Crippen LogP contribution >= 0.6 is 11.8 Å². The molecule has 178 valence electrons. The Morgan fingerprint density at radius 3 is 2.65 bits per heavy atom. The number of halogens is 1. The van der Waals surface area contributed by atoms with E-state index in [1.807, 2.05) is 55.7 Å². The maximum absolute atomic E-state index is 13.5. The molecule has 0 radical (unpaired) electrons. The molecule has 0 atom stereocenters. The van der Waals surface area contributed by atoms with Crippen LogP contribution in [0.15, 0.2) is 77.5 Å². The van der Waals surface area contributed by atoms with Crippen LogP contribution in [0.4, 0.5) is 10.2 Å². The van der Waals surface area contributed by atoms with E-state index in [4.69, 9.17) is 0 Å². The highest BCUT2D eigenvalue weighted by Gasteiger charge is 2.22. The second-order valence-electron chi connectivity index (χ2n) is 8.65. The van der Waals surface area contributed by atoms with Crippen molar-refractivity contribution in [3.05, 3.63) is 78.2 Å². The van der Waals surface area contributed by atoms with Gasteiger partial charge < -0.3 is 10.6 Å². The average Bonchev–Trinajstić information content (AvgIpc) is 3.07. The molecule has 3 rings (SSSR count). The first kappa shape index (κ1) is 25.4. The molecule has 2 aromatic rings. The normalized spacial score (nSPS) is 13.6. The molecule has 1 amide bonds. The Hall–Kier alpha value is -3.19. The molecule has 0 bridgehead atoms. The fourth-order valence-electron chi connectivity index (χ4n) is 3.53. The third-order valence-electron chi connectivity index (χ3n) is 5.66. The zero-order valence-electron chi connectivity index (χ0n) is 20.1. The molecule has 34 heavy (non-hydrogen) atoms. The smallest absolute Gasteiger partial charge is 0.224 e. The standard InChI is InChI=1S/C27H31FN4OS/c1-6-26(33)30-18(2)22-16-19(10-14-24(22)34-5)23-13-15-25(32-31-23)29-17-27(3,4)20-8-7-9-21(28)12-11-20/h8-16H,2,6-7,17H2,1,3-5H3,(H,29,32)(H,30,33). The van der Waals surface area contributed by atoms with Crippen LogP contribution in [0, 0.1) is 5.41 Å². The maximum Gasteiger partial charge on any atom is 0.224 e. The van der Waals surface area contributed by atoms with E-state index in [1.54, 1.807) is 17.8 Å². The maximum atomic E-state index is 13.5. The summed E-state index contributed by atoms with van der Waals surface area (Å²) in [4.78, 5) is 12.8. The van der Waals surface area contributed by atoms with E-state index in [0.717, 1.165) is 27.3 Å². The van der Waals surface area contributed by atoms with Gasteiger partial charge in [0.15, 0.2) is 0 Å². The average molecular weight is 479 g/mol. The lowest BCUT2D eigenvalue weighted by Gasteiger charge is -2.27. The Morgan fingerprint density at radius 1 is 1.18 bits per heavy atom. The van der Waals surface area contributed by atoms with Crippen molar-refractivity contribution in [1.29, 1.82) is 0 Å². The van der Waals surface area contributed by atoms with E-state index in [1.165, 1.54) is 6.08 Å². The number of nitrogens with one attached hydrogen (secondary N) is 2. The lowest BCUT2D eigenvalue weighted by Crippen LogP contribution is -2.25. The van der Waals surface area contributed by atoms with Gasteiger partial charge in [-0.25, -0.2) is 4.39 Å². The van der Waals surface area contributed by atoms with E-state index in [2.05, 4.69) is 41.3 Å². The summed E-state index contributed by atoms with van der Waals surface area (Å²) in [5.41, 5.74) is 3.93. The summed E-state index contributed by atoms with van der Waals surface area (Å²) in [6, 6.07) is 9.77. The predicted octanol–water partition coefficient (Wildman–Crippen LogP) is 6.54. The molecule has 0 spiro atoms. The molecule has 7 heteroatoms. The Bertz CT molecular complexity index is 1150. The summed E-state index contributed by atoms with van der Waals surface area (Å²) < 4.78 is 13.5. The number of aromatic nitrogens is 2. The van der Waals surface area contributed by atoms with Crippen molar-refractivity contribution < 1.29 is 9.18 Å². The number of rotatable bonds is 9. The number of allylic oxidation sites excluding steroid dienone is 5. The molecule has 1 heterocycles. The van der Waals surface area contributed by atoms with Gasteiger partial charge in [-0.1, -0.05) is 45.6 Å². The molecule has 0 aliphatic heterocycles. The summed E-state index contributed by atoms with van der Waals surface area (Å²) in [7, 11) is 0. The number of nitrogens with zero attached hydrogens (tertiary/aromatic N) is 2. The molecular weight excluding hydrogens is 447 g/mol. The van der Waals surface area contributed by atoms with Crippen LogP contribution in [0.3, 0.4) is 0 Å². The first-order valence-electron chi connectivity index (χ1n) is 11.2. The van der Waals surface area contributed by atoms with Gasteiger partial charge in [-0.15, -0.1) is 22.0 Å². The molecule has 1 aromatic carbocycles. The van der Waals surface area contributed by atoms with E-state index >= 15 is 0 Å². The summed E-state index contributed by atoms with van der Waals surface area (Å²) >= 11 is 1.60. The Morgan fingerprint density at radius 2 is 1.97 bits per heavy atom. The minimum atomic E-state index is -0.207. The molecule has 0 saturated heterocycles. The lowest BCUT2D eigenvalue weighted by molar-refractivity contribution is -0.119. The van der Waals surface area contributed by atoms with Crippen molar-refractivity contribution in [2.24, 2.45) is 5.41 Å². The molecule has 0 saturated carbocycles. The summed E-state index contributed by atoms with van der Waals surface area (Å²) in [6.45, 7) is 10.7. The topological polar surface area (TPSA) is 66.9 Å². The van der Waals surface area contributed by atoms with E-state index in [-0.39, 0.29) is 17.1 Å². The summed E-state index contributed by atoms with van der Waals surface area (Å²) in [5.74, 6) is 0.388. The Kier molecular flexibility index (Phi) is 8.45. The first-order chi connectivity index (χ1) is 16.2. The van der Waals surface area contributed by atoms with E-state index in [0.29, 0.717) is 30.9 Å². The molecular formula is C27H31FN4OS. The number of carbonyl (C=O) groups is 1. The summed E-state index contributed by atoms with van der Waals surface area (Å²) in [6.07, 6.45) is 9.93. The largest absolute Gasteiger partial charge is 0.368 e. The van der Waals surface area contributed by atoms with Crippen LogP contribution in [0.25, 0.3) is 17.0 Å². The minimum Gasteiger partial charge on any atom is -0.368 e. The number of thioether (sulfide) groups is 1. The SMILES string of the molecule is C=C(NC(=O)CC)c1cc(-c2ccc(NCC(C)(C)C3=CCC=C(F)C=C3)nn2)ccc1SC. The fourth-order valence-corrected chi connectivity index (χ4v) is 4.13. The van der Waals surface area contributed by atoms with Gasteiger partial charge in [-0.3, -0.25) is 4.79 Å². The van der Waals surface area contributed by atoms with Crippen molar-refractivity contribution in [2.75, 3.05) is 18.1 Å². The second kappa shape index (κ2) is 11.3. The molecule has 0 fully saturated rings. The molecule has 1 aliphatic rings. The van der Waals surface area contributed by atoms with Gasteiger partial charge in [0.2, 0.25) is 5.91 Å². The van der Waals surface area contributed by atoms with Crippen LogP contribution in [0.1, 0.15) is 39.2 Å². The van der Waals surface area contributed by atoms with Crippen LogP contribution in [0.5, 0.6) is 0 Å². The Labute approximate surface area is 205 Å². The number of amides is 1. The summed E-state index contributed by atoms with van der Waals surface area (Å²) in [5, 5.41) is 14.9. The lowest BCUT2D eigenvalue weighted by atomic mass is 9.83. The number of anilines is 1.